The second-order valence-corrected chi connectivity index (χ2v) is 5.31. The molecule has 0 aliphatic carbocycles. The SMILES string of the molecule is COc1ccc(NC(=O)C2Cc3ccccc3C(=O)O2)cc1OC. The molecule has 0 bridgehead atoms. The minimum Gasteiger partial charge on any atom is -0.493 e. The number of rotatable bonds is 4. The monoisotopic (exact) mass is 327 g/mol. The number of benzene rings is 2. The van der Waals surface area contributed by atoms with E-state index in [1.807, 2.05) is 12.1 Å². The lowest BCUT2D eigenvalue weighted by Gasteiger charge is -2.23. The molecule has 1 aliphatic heterocycles. The van der Waals surface area contributed by atoms with E-state index in [4.69, 9.17) is 14.2 Å². The maximum atomic E-state index is 12.4. The fourth-order valence-electron chi connectivity index (χ4n) is 2.61. The molecule has 0 saturated heterocycles. The quantitative estimate of drug-likeness (QED) is 0.873. The molecule has 3 rings (SSSR count). The fraction of sp³-hybridized carbons (Fsp3) is 0.222. The third-order valence-corrected chi connectivity index (χ3v) is 3.84. The number of hydrogen-bond acceptors (Lipinski definition) is 5. The Balaban J connectivity index is 1.75. The molecule has 0 aromatic heterocycles. The summed E-state index contributed by atoms with van der Waals surface area (Å²) in [7, 11) is 3.05. The normalized spacial score (nSPS) is 15.9. The number of methoxy groups -OCH3 is 2. The number of hydrogen-bond donors (Lipinski definition) is 1. The number of cyclic esters (lactones) is 1. The molecule has 24 heavy (non-hydrogen) atoms. The number of anilines is 1. The number of carbonyl (C=O) groups excluding carboxylic acids is 2. The van der Waals surface area contributed by atoms with E-state index in [9.17, 15) is 9.59 Å². The molecule has 1 amide bonds. The van der Waals surface area contributed by atoms with Gasteiger partial charge in [-0.3, -0.25) is 4.79 Å². The van der Waals surface area contributed by atoms with Crippen LogP contribution < -0.4 is 14.8 Å². The van der Waals surface area contributed by atoms with Crippen LogP contribution in [0, 0.1) is 0 Å². The van der Waals surface area contributed by atoms with E-state index in [1.54, 1.807) is 30.3 Å². The van der Waals surface area contributed by atoms with Gasteiger partial charge in [-0.05, 0) is 23.8 Å². The molecule has 1 aliphatic rings. The molecule has 1 heterocycles. The van der Waals surface area contributed by atoms with Crippen LogP contribution in [0.4, 0.5) is 5.69 Å². The highest BCUT2D eigenvalue weighted by Gasteiger charge is 2.31. The van der Waals surface area contributed by atoms with Crippen LogP contribution in [0.25, 0.3) is 0 Å². The molecule has 6 nitrogen and oxygen atoms in total. The summed E-state index contributed by atoms with van der Waals surface area (Å²) >= 11 is 0. The number of fused-ring (bicyclic) bond motifs is 1. The Kier molecular flexibility index (Phi) is 4.37. The molecule has 0 saturated carbocycles. The van der Waals surface area contributed by atoms with Gasteiger partial charge in [-0.15, -0.1) is 0 Å². The first kappa shape index (κ1) is 15.9. The van der Waals surface area contributed by atoms with E-state index in [0.717, 1.165) is 5.56 Å². The lowest BCUT2D eigenvalue weighted by molar-refractivity contribution is -0.125. The lowest BCUT2D eigenvalue weighted by Crippen LogP contribution is -2.37. The molecule has 0 spiro atoms. The van der Waals surface area contributed by atoms with Gasteiger partial charge in [-0.2, -0.15) is 0 Å². The van der Waals surface area contributed by atoms with Crippen molar-refractivity contribution in [3.05, 3.63) is 53.6 Å². The first-order chi connectivity index (χ1) is 11.6. The largest absolute Gasteiger partial charge is 0.493 e. The van der Waals surface area contributed by atoms with Crippen LogP contribution in [0.3, 0.4) is 0 Å². The lowest BCUT2D eigenvalue weighted by atomic mass is 9.98. The van der Waals surface area contributed by atoms with Crippen molar-refractivity contribution >= 4 is 17.6 Å². The van der Waals surface area contributed by atoms with Crippen LogP contribution in [-0.2, 0) is 16.0 Å². The summed E-state index contributed by atoms with van der Waals surface area (Å²) < 4.78 is 15.6. The minimum atomic E-state index is -0.861. The molecular formula is C18H17NO5. The van der Waals surface area contributed by atoms with E-state index < -0.39 is 12.1 Å². The summed E-state index contributed by atoms with van der Waals surface area (Å²) in [6.07, 6.45) is -0.512. The van der Waals surface area contributed by atoms with Gasteiger partial charge >= 0.3 is 5.97 Å². The number of esters is 1. The van der Waals surface area contributed by atoms with Crippen molar-refractivity contribution in [2.75, 3.05) is 19.5 Å². The third-order valence-electron chi connectivity index (χ3n) is 3.84. The Hall–Kier alpha value is -3.02. The van der Waals surface area contributed by atoms with Gasteiger partial charge in [0.2, 0.25) is 0 Å². The highest BCUT2D eigenvalue weighted by Crippen LogP contribution is 2.30. The standard InChI is InChI=1S/C18H17NO5/c1-22-14-8-7-12(10-15(14)23-2)19-17(20)16-9-11-5-3-4-6-13(11)18(21)24-16/h3-8,10,16H,9H2,1-2H3,(H,19,20). The van der Waals surface area contributed by atoms with E-state index in [2.05, 4.69) is 5.32 Å². The Morgan fingerprint density at radius 3 is 2.62 bits per heavy atom. The van der Waals surface area contributed by atoms with Gasteiger partial charge in [0.1, 0.15) is 0 Å². The van der Waals surface area contributed by atoms with Crippen molar-refractivity contribution in [2.24, 2.45) is 0 Å². The van der Waals surface area contributed by atoms with Crippen LogP contribution in [0.2, 0.25) is 0 Å². The minimum absolute atomic E-state index is 0.348. The summed E-state index contributed by atoms with van der Waals surface area (Å²) in [6, 6.07) is 12.2. The maximum absolute atomic E-state index is 12.4. The molecule has 124 valence electrons. The molecular weight excluding hydrogens is 310 g/mol. The van der Waals surface area contributed by atoms with Crippen LogP contribution in [-0.4, -0.2) is 32.2 Å². The van der Waals surface area contributed by atoms with Crippen LogP contribution in [0.15, 0.2) is 42.5 Å². The van der Waals surface area contributed by atoms with Crippen LogP contribution >= 0.6 is 0 Å². The van der Waals surface area contributed by atoms with Crippen molar-refractivity contribution in [3.8, 4) is 11.5 Å². The zero-order chi connectivity index (χ0) is 17.1. The molecule has 2 aromatic carbocycles. The predicted molar refractivity (Wildman–Crippen MR) is 87.5 cm³/mol. The first-order valence-corrected chi connectivity index (χ1v) is 7.44. The average Bonchev–Trinajstić information content (AvgIpc) is 2.61. The van der Waals surface area contributed by atoms with Gasteiger partial charge in [-0.25, -0.2) is 4.79 Å². The van der Waals surface area contributed by atoms with Gasteiger partial charge in [0, 0.05) is 18.2 Å². The van der Waals surface area contributed by atoms with Crippen molar-refractivity contribution in [2.45, 2.75) is 12.5 Å². The Labute approximate surface area is 139 Å². The topological polar surface area (TPSA) is 73.9 Å². The molecule has 0 radical (unpaired) electrons. The summed E-state index contributed by atoms with van der Waals surface area (Å²) in [4.78, 5) is 24.4. The summed E-state index contributed by atoms with van der Waals surface area (Å²) in [5, 5.41) is 2.74. The Morgan fingerprint density at radius 2 is 1.88 bits per heavy atom. The van der Waals surface area contributed by atoms with Crippen molar-refractivity contribution in [1.29, 1.82) is 0 Å². The second kappa shape index (κ2) is 6.62. The summed E-state index contributed by atoms with van der Waals surface area (Å²) in [6.45, 7) is 0. The molecule has 1 unspecified atom stereocenters. The second-order valence-electron chi connectivity index (χ2n) is 5.31. The zero-order valence-electron chi connectivity index (χ0n) is 13.4. The average molecular weight is 327 g/mol. The summed E-state index contributed by atoms with van der Waals surface area (Å²) in [5.74, 6) is 0.198. The van der Waals surface area contributed by atoms with Crippen molar-refractivity contribution in [3.63, 3.8) is 0 Å². The molecule has 0 fully saturated rings. The van der Waals surface area contributed by atoms with E-state index >= 15 is 0 Å². The Morgan fingerprint density at radius 1 is 1.12 bits per heavy atom. The van der Waals surface area contributed by atoms with E-state index in [0.29, 0.717) is 29.2 Å². The third kappa shape index (κ3) is 3.03. The van der Waals surface area contributed by atoms with Crippen molar-refractivity contribution in [1.82, 2.24) is 0 Å². The molecule has 6 heteroatoms. The maximum Gasteiger partial charge on any atom is 0.339 e. The van der Waals surface area contributed by atoms with Gasteiger partial charge in [-0.1, -0.05) is 18.2 Å². The van der Waals surface area contributed by atoms with Gasteiger partial charge in [0.05, 0.1) is 19.8 Å². The predicted octanol–water partition coefficient (Wildman–Crippen LogP) is 2.42. The fourth-order valence-corrected chi connectivity index (χ4v) is 2.61. The first-order valence-electron chi connectivity index (χ1n) is 7.44. The van der Waals surface area contributed by atoms with E-state index in [-0.39, 0.29) is 5.91 Å². The number of amides is 1. The highest BCUT2D eigenvalue weighted by atomic mass is 16.5. The van der Waals surface area contributed by atoms with Gasteiger partial charge in [0.25, 0.3) is 5.91 Å². The van der Waals surface area contributed by atoms with Gasteiger partial charge in [0.15, 0.2) is 17.6 Å². The van der Waals surface area contributed by atoms with E-state index in [1.165, 1.54) is 14.2 Å². The van der Waals surface area contributed by atoms with Crippen LogP contribution in [0.1, 0.15) is 15.9 Å². The number of carbonyl (C=O) groups is 2. The van der Waals surface area contributed by atoms with Crippen LogP contribution in [0.5, 0.6) is 11.5 Å². The molecule has 1 N–H and O–H groups in total. The number of nitrogens with one attached hydrogen (secondary N) is 1. The molecule has 1 atom stereocenters. The zero-order valence-corrected chi connectivity index (χ0v) is 13.4. The highest BCUT2D eigenvalue weighted by molar-refractivity contribution is 6.00. The Bertz CT molecular complexity index is 787. The van der Waals surface area contributed by atoms with Gasteiger partial charge < -0.3 is 19.5 Å². The smallest absolute Gasteiger partial charge is 0.339 e. The summed E-state index contributed by atoms with van der Waals surface area (Å²) in [5.41, 5.74) is 1.85. The molecule has 2 aromatic rings. The number of ether oxygens (including phenoxy) is 3. The van der Waals surface area contributed by atoms with Crippen molar-refractivity contribution < 1.29 is 23.8 Å².